The van der Waals surface area contributed by atoms with Gasteiger partial charge >= 0.3 is 0 Å². The van der Waals surface area contributed by atoms with Crippen LogP contribution in [-0.2, 0) is 14.8 Å². The molecule has 0 aliphatic rings. The zero-order valence-electron chi connectivity index (χ0n) is 10.8. The van der Waals surface area contributed by atoms with Crippen LogP contribution in [-0.4, -0.2) is 27.7 Å². The van der Waals surface area contributed by atoms with Gasteiger partial charge in [-0.05, 0) is 26.0 Å². The van der Waals surface area contributed by atoms with Crippen molar-refractivity contribution in [3.8, 4) is 0 Å². The summed E-state index contributed by atoms with van der Waals surface area (Å²) < 4.78 is 32.0. The fourth-order valence-electron chi connectivity index (χ4n) is 1.64. The molecule has 1 aromatic carbocycles. The predicted molar refractivity (Wildman–Crippen MR) is 77.2 cm³/mol. The molecule has 19 heavy (non-hydrogen) atoms. The van der Waals surface area contributed by atoms with E-state index in [0.717, 1.165) is 0 Å². The van der Waals surface area contributed by atoms with Crippen molar-refractivity contribution in [2.75, 3.05) is 19.5 Å². The minimum Gasteiger partial charge on any atom is -0.399 e. The Morgan fingerprint density at radius 1 is 1.32 bits per heavy atom. The minimum atomic E-state index is -3.87. The van der Waals surface area contributed by atoms with Crippen molar-refractivity contribution in [3.05, 3.63) is 22.2 Å². The van der Waals surface area contributed by atoms with Crippen LogP contribution in [0.15, 0.2) is 17.0 Å². The Hall–Kier alpha value is -0.530. The summed E-state index contributed by atoms with van der Waals surface area (Å²) in [6.45, 7) is 3.58. The van der Waals surface area contributed by atoms with Gasteiger partial charge in [0.1, 0.15) is 4.90 Å². The van der Waals surface area contributed by atoms with Crippen molar-refractivity contribution in [2.45, 2.75) is 24.3 Å². The van der Waals surface area contributed by atoms with E-state index in [9.17, 15) is 8.42 Å². The molecule has 0 aliphatic carbocycles. The van der Waals surface area contributed by atoms with Crippen molar-refractivity contribution >= 4 is 38.9 Å². The van der Waals surface area contributed by atoms with Gasteiger partial charge < -0.3 is 10.5 Å². The number of nitrogens with two attached hydrogens (primary N) is 1. The van der Waals surface area contributed by atoms with E-state index in [1.54, 1.807) is 13.8 Å². The first kappa shape index (κ1) is 16.5. The fraction of sp³-hybridized carbons (Fsp3) is 0.455. The van der Waals surface area contributed by atoms with Gasteiger partial charge in [0.2, 0.25) is 10.0 Å². The van der Waals surface area contributed by atoms with E-state index >= 15 is 0 Å². The number of sulfonamides is 1. The summed E-state index contributed by atoms with van der Waals surface area (Å²) in [5, 5.41) is -0.0450. The maximum atomic E-state index is 12.3. The van der Waals surface area contributed by atoms with Gasteiger partial charge in [0.15, 0.2) is 0 Å². The Balaban J connectivity index is 3.22. The smallest absolute Gasteiger partial charge is 0.244 e. The van der Waals surface area contributed by atoms with Crippen LogP contribution in [0.2, 0.25) is 10.0 Å². The predicted octanol–water partition coefficient (Wildman–Crippen LogP) is 2.28. The zero-order chi connectivity index (χ0) is 14.8. The quantitative estimate of drug-likeness (QED) is 0.813. The molecule has 0 atom stereocenters. The number of nitrogens with one attached hydrogen (secondary N) is 1. The molecule has 0 bridgehead atoms. The number of hydrogen-bond donors (Lipinski definition) is 2. The molecular weight excluding hydrogens is 311 g/mol. The van der Waals surface area contributed by atoms with Gasteiger partial charge in [-0.25, -0.2) is 13.1 Å². The highest BCUT2D eigenvalue weighted by atomic mass is 35.5. The highest BCUT2D eigenvalue weighted by Gasteiger charge is 2.29. The van der Waals surface area contributed by atoms with Crippen LogP contribution in [0.25, 0.3) is 0 Å². The van der Waals surface area contributed by atoms with Gasteiger partial charge in [-0.3, -0.25) is 0 Å². The van der Waals surface area contributed by atoms with Crippen LogP contribution in [0, 0.1) is 0 Å². The number of hydrogen-bond acceptors (Lipinski definition) is 4. The van der Waals surface area contributed by atoms with Gasteiger partial charge in [-0.15, -0.1) is 0 Å². The highest BCUT2D eigenvalue weighted by molar-refractivity contribution is 7.89. The molecule has 0 radical (unpaired) electrons. The molecule has 0 aliphatic heterocycles. The summed E-state index contributed by atoms with van der Waals surface area (Å²) in [5.41, 5.74) is 5.05. The number of benzene rings is 1. The van der Waals surface area contributed by atoms with Crippen LogP contribution in [0.5, 0.6) is 0 Å². The van der Waals surface area contributed by atoms with Crippen molar-refractivity contribution in [2.24, 2.45) is 0 Å². The van der Waals surface area contributed by atoms with Crippen LogP contribution < -0.4 is 10.5 Å². The topological polar surface area (TPSA) is 81.4 Å². The van der Waals surface area contributed by atoms with E-state index in [1.165, 1.54) is 19.2 Å². The third-order valence-electron chi connectivity index (χ3n) is 2.21. The first-order chi connectivity index (χ1) is 8.59. The Morgan fingerprint density at radius 2 is 1.79 bits per heavy atom. The first-order valence-corrected chi connectivity index (χ1v) is 7.60. The van der Waals surface area contributed by atoms with Crippen molar-refractivity contribution in [3.63, 3.8) is 0 Å². The van der Waals surface area contributed by atoms with Crippen LogP contribution in [0.1, 0.15) is 13.8 Å². The second kappa shape index (κ2) is 5.85. The molecule has 0 aromatic heterocycles. The molecule has 0 spiro atoms. The average molecular weight is 327 g/mol. The first-order valence-electron chi connectivity index (χ1n) is 5.36. The summed E-state index contributed by atoms with van der Waals surface area (Å²) in [4.78, 5) is -0.186. The number of ether oxygens (including phenoxy) is 1. The lowest BCUT2D eigenvalue weighted by molar-refractivity contribution is 0.141. The summed E-state index contributed by atoms with van der Waals surface area (Å²) in [6.07, 6.45) is 0. The average Bonchev–Trinajstić information content (AvgIpc) is 2.11. The van der Waals surface area contributed by atoms with Gasteiger partial charge in [0.25, 0.3) is 0 Å². The van der Waals surface area contributed by atoms with E-state index < -0.39 is 15.6 Å². The highest BCUT2D eigenvalue weighted by Crippen LogP contribution is 2.32. The standard InChI is InChI=1S/C11H16Cl2N2O3S/c1-11(2,6-18-3)15-19(16,17)10-8(12)4-7(14)5-9(10)13/h4-5,15H,6,14H2,1-3H3. The lowest BCUT2D eigenvalue weighted by atomic mass is 10.1. The summed E-state index contributed by atoms with van der Waals surface area (Å²) >= 11 is 11.8. The minimum absolute atomic E-state index is 0.0225. The van der Waals surface area contributed by atoms with E-state index in [-0.39, 0.29) is 21.5 Å². The van der Waals surface area contributed by atoms with Gasteiger partial charge in [0, 0.05) is 12.8 Å². The Morgan fingerprint density at radius 3 is 2.21 bits per heavy atom. The monoisotopic (exact) mass is 326 g/mol. The van der Waals surface area contributed by atoms with Gasteiger partial charge in [-0.1, -0.05) is 23.2 Å². The van der Waals surface area contributed by atoms with E-state index in [1.807, 2.05) is 0 Å². The molecule has 3 N–H and O–H groups in total. The second-order valence-electron chi connectivity index (χ2n) is 4.74. The maximum Gasteiger partial charge on any atom is 0.244 e. The van der Waals surface area contributed by atoms with Gasteiger partial charge in [0.05, 0.1) is 22.2 Å². The van der Waals surface area contributed by atoms with Crippen molar-refractivity contribution in [1.82, 2.24) is 4.72 Å². The fourth-order valence-corrected chi connectivity index (χ4v) is 4.27. The van der Waals surface area contributed by atoms with Crippen LogP contribution in [0.4, 0.5) is 5.69 Å². The lowest BCUT2D eigenvalue weighted by Gasteiger charge is -2.25. The molecule has 0 heterocycles. The Bertz CT molecular complexity index is 550. The van der Waals surface area contributed by atoms with Crippen LogP contribution >= 0.6 is 23.2 Å². The Kier molecular flexibility index (Phi) is 5.08. The summed E-state index contributed by atoms with van der Waals surface area (Å²) in [5.74, 6) is 0. The summed E-state index contributed by atoms with van der Waals surface area (Å²) in [7, 11) is -2.38. The van der Waals surface area contributed by atoms with E-state index in [2.05, 4.69) is 4.72 Å². The third-order valence-corrected chi connectivity index (χ3v) is 4.82. The number of methoxy groups -OCH3 is 1. The molecule has 5 nitrogen and oxygen atoms in total. The molecule has 0 unspecified atom stereocenters. The zero-order valence-corrected chi connectivity index (χ0v) is 13.2. The molecule has 0 saturated carbocycles. The van der Waals surface area contributed by atoms with Crippen molar-refractivity contribution in [1.29, 1.82) is 0 Å². The van der Waals surface area contributed by atoms with E-state index in [0.29, 0.717) is 5.69 Å². The van der Waals surface area contributed by atoms with Gasteiger partial charge in [-0.2, -0.15) is 0 Å². The lowest BCUT2D eigenvalue weighted by Crippen LogP contribution is -2.46. The maximum absolute atomic E-state index is 12.3. The van der Waals surface area contributed by atoms with E-state index in [4.69, 9.17) is 33.7 Å². The number of anilines is 1. The van der Waals surface area contributed by atoms with Crippen molar-refractivity contribution < 1.29 is 13.2 Å². The molecule has 0 saturated heterocycles. The second-order valence-corrected chi connectivity index (χ2v) is 7.17. The SMILES string of the molecule is COCC(C)(C)NS(=O)(=O)c1c(Cl)cc(N)cc1Cl. The number of halogens is 2. The largest absolute Gasteiger partial charge is 0.399 e. The summed E-state index contributed by atoms with van der Waals surface area (Å²) in [6, 6.07) is 2.68. The molecule has 108 valence electrons. The van der Waals surface area contributed by atoms with Crippen LogP contribution in [0.3, 0.4) is 0 Å². The molecular formula is C11H16Cl2N2O3S. The Labute approximate surface area is 123 Å². The molecule has 8 heteroatoms. The molecule has 1 rings (SSSR count). The normalized spacial score (nSPS) is 12.7. The molecule has 0 fully saturated rings. The third kappa shape index (κ3) is 4.22. The number of nitrogen functional groups attached to an aromatic ring is 1. The molecule has 0 amide bonds. The molecule has 1 aromatic rings. The number of rotatable bonds is 5.